The Balaban J connectivity index is 1.86. The van der Waals surface area contributed by atoms with Gasteiger partial charge in [-0.05, 0) is 13.8 Å². The van der Waals surface area contributed by atoms with Crippen LogP contribution in [0.25, 0.3) is 0 Å². The standard InChI is InChI=1S/C12H18N6O3S/c1-3-13-11-6-9(2)17-12(18-11)14-4-5-16-22(19,20)10-7-15-21-8-10/h6-8,16H,3-5H2,1-2H3,(H2,13,14,17,18). The Bertz CT molecular complexity index is 702. The average Bonchev–Trinajstić information content (AvgIpc) is 2.98. The van der Waals surface area contributed by atoms with Crippen LogP contribution in [-0.4, -0.2) is 43.2 Å². The van der Waals surface area contributed by atoms with Crippen molar-refractivity contribution in [2.75, 3.05) is 30.3 Å². The lowest BCUT2D eigenvalue weighted by molar-refractivity contribution is 0.417. The minimum atomic E-state index is -3.60. The van der Waals surface area contributed by atoms with Gasteiger partial charge >= 0.3 is 0 Å². The summed E-state index contributed by atoms with van der Waals surface area (Å²) in [5, 5.41) is 9.44. The monoisotopic (exact) mass is 326 g/mol. The maximum Gasteiger partial charge on any atom is 0.245 e. The quantitative estimate of drug-likeness (QED) is 0.603. The van der Waals surface area contributed by atoms with Gasteiger partial charge in [-0.3, -0.25) is 0 Å². The van der Waals surface area contributed by atoms with Gasteiger partial charge in [0.25, 0.3) is 0 Å². The van der Waals surface area contributed by atoms with E-state index in [1.165, 1.54) is 0 Å². The smallest absolute Gasteiger partial charge is 0.245 e. The fourth-order valence-electron chi connectivity index (χ4n) is 1.69. The number of sulfonamides is 1. The molecule has 10 heteroatoms. The first-order chi connectivity index (χ1) is 10.5. The van der Waals surface area contributed by atoms with Crippen LogP contribution in [0.1, 0.15) is 12.6 Å². The highest BCUT2D eigenvalue weighted by atomic mass is 32.2. The lowest BCUT2D eigenvalue weighted by atomic mass is 10.4. The molecular formula is C12H18N6O3S. The molecule has 0 amide bonds. The summed E-state index contributed by atoms with van der Waals surface area (Å²) >= 11 is 0. The Hall–Kier alpha value is -2.20. The predicted octanol–water partition coefficient (Wildman–Crippen LogP) is 0.595. The number of anilines is 2. The molecule has 0 aliphatic carbocycles. The molecule has 0 fully saturated rings. The summed E-state index contributed by atoms with van der Waals surface area (Å²) in [7, 11) is -3.60. The summed E-state index contributed by atoms with van der Waals surface area (Å²) in [5.41, 5.74) is 0.818. The lowest BCUT2D eigenvalue weighted by Crippen LogP contribution is -2.29. The van der Waals surface area contributed by atoms with E-state index in [2.05, 4.69) is 35.0 Å². The molecule has 2 rings (SSSR count). The van der Waals surface area contributed by atoms with Crippen LogP contribution in [0.15, 0.2) is 27.9 Å². The topological polar surface area (TPSA) is 122 Å². The fraction of sp³-hybridized carbons (Fsp3) is 0.417. The third kappa shape index (κ3) is 4.40. The minimum Gasteiger partial charge on any atom is -0.370 e. The van der Waals surface area contributed by atoms with Crippen molar-refractivity contribution >= 4 is 21.8 Å². The molecule has 2 aromatic heterocycles. The van der Waals surface area contributed by atoms with Crippen molar-refractivity contribution in [2.24, 2.45) is 0 Å². The molecule has 120 valence electrons. The van der Waals surface area contributed by atoms with Gasteiger partial charge in [-0.25, -0.2) is 18.1 Å². The van der Waals surface area contributed by atoms with E-state index in [0.29, 0.717) is 12.5 Å². The Morgan fingerprint density at radius 1 is 1.23 bits per heavy atom. The molecule has 0 aromatic carbocycles. The zero-order chi connectivity index (χ0) is 16.0. The third-order valence-corrected chi connectivity index (χ3v) is 4.04. The second-order valence-electron chi connectivity index (χ2n) is 4.43. The number of aryl methyl sites for hydroxylation is 1. The van der Waals surface area contributed by atoms with Gasteiger partial charge in [-0.2, -0.15) is 4.98 Å². The van der Waals surface area contributed by atoms with Crippen molar-refractivity contribution in [1.29, 1.82) is 0 Å². The molecule has 0 unspecified atom stereocenters. The first-order valence-corrected chi connectivity index (χ1v) is 8.22. The van der Waals surface area contributed by atoms with E-state index in [1.54, 1.807) is 0 Å². The maximum absolute atomic E-state index is 11.8. The Morgan fingerprint density at radius 2 is 2.05 bits per heavy atom. The zero-order valence-corrected chi connectivity index (χ0v) is 13.1. The largest absolute Gasteiger partial charge is 0.370 e. The van der Waals surface area contributed by atoms with Gasteiger partial charge < -0.3 is 15.2 Å². The summed E-state index contributed by atoms with van der Waals surface area (Å²) in [6, 6.07) is 1.84. The summed E-state index contributed by atoms with van der Waals surface area (Å²) in [5.74, 6) is 1.17. The van der Waals surface area contributed by atoms with Crippen molar-refractivity contribution < 1.29 is 12.9 Å². The van der Waals surface area contributed by atoms with Crippen molar-refractivity contribution in [3.63, 3.8) is 0 Å². The molecule has 9 nitrogen and oxygen atoms in total. The number of hydrogen-bond donors (Lipinski definition) is 3. The predicted molar refractivity (Wildman–Crippen MR) is 81.1 cm³/mol. The molecule has 0 saturated carbocycles. The number of nitrogens with zero attached hydrogens (tertiary/aromatic N) is 3. The lowest BCUT2D eigenvalue weighted by Gasteiger charge is -2.09. The van der Waals surface area contributed by atoms with Crippen LogP contribution >= 0.6 is 0 Å². The van der Waals surface area contributed by atoms with E-state index < -0.39 is 10.0 Å². The van der Waals surface area contributed by atoms with Crippen molar-refractivity contribution in [3.05, 3.63) is 24.2 Å². The van der Waals surface area contributed by atoms with E-state index in [-0.39, 0.29) is 11.4 Å². The van der Waals surface area contributed by atoms with Gasteiger partial charge in [0.05, 0.1) is 6.20 Å². The van der Waals surface area contributed by atoms with Crippen LogP contribution < -0.4 is 15.4 Å². The molecule has 0 spiro atoms. The second kappa shape index (κ2) is 7.18. The zero-order valence-electron chi connectivity index (χ0n) is 12.3. The Labute approximate surface area is 128 Å². The number of rotatable bonds is 8. The Kier molecular flexibility index (Phi) is 5.28. The molecule has 0 radical (unpaired) electrons. The minimum absolute atomic E-state index is 0.00580. The van der Waals surface area contributed by atoms with Gasteiger partial charge in [0.15, 0.2) is 0 Å². The highest BCUT2D eigenvalue weighted by Crippen LogP contribution is 2.09. The van der Waals surface area contributed by atoms with Crippen molar-refractivity contribution in [3.8, 4) is 0 Å². The molecule has 3 N–H and O–H groups in total. The van der Waals surface area contributed by atoms with Crippen LogP contribution in [0.4, 0.5) is 11.8 Å². The SMILES string of the molecule is CCNc1cc(C)nc(NCCNS(=O)(=O)c2cnoc2)n1. The third-order valence-electron chi connectivity index (χ3n) is 2.63. The number of aromatic nitrogens is 3. The van der Waals surface area contributed by atoms with Gasteiger partial charge in [0, 0.05) is 31.4 Å². The highest BCUT2D eigenvalue weighted by molar-refractivity contribution is 7.89. The Morgan fingerprint density at radius 3 is 2.73 bits per heavy atom. The maximum atomic E-state index is 11.8. The van der Waals surface area contributed by atoms with Crippen LogP contribution in [0.5, 0.6) is 0 Å². The summed E-state index contributed by atoms with van der Waals surface area (Å²) in [4.78, 5) is 8.50. The van der Waals surface area contributed by atoms with Crippen molar-refractivity contribution in [2.45, 2.75) is 18.7 Å². The summed E-state index contributed by atoms with van der Waals surface area (Å²) < 4.78 is 30.6. The van der Waals surface area contributed by atoms with Gasteiger partial charge in [0.1, 0.15) is 17.0 Å². The van der Waals surface area contributed by atoms with Gasteiger partial charge in [0.2, 0.25) is 16.0 Å². The number of hydrogen-bond acceptors (Lipinski definition) is 8. The molecule has 0 atom stereocenters. The average molecular weight is 326 g/mol. The van der Waals surface area contributed by atoms with Gasteiger partial charge in [-0.15, -0.1) is 0 Å². The fourth-order valence-corrected chi connectivity index (χ4v) is 2.58. The second-order valence-corrected chi connectivity index (χ2v) is 6.20. The van der Waals surface area contributed by atoms with Crippen LogP contribution in [0.2, 0.25) is 0 Å². The molecule has 2 heterocycles. The van der Waals surface area contributed by atoms with E-state index in [0.717, 1.165) is 30.5 Å². The first kappa shape index (κ1) is 16.2. The van der Waals surface area contributed by atoms with Crippen LogP contribution in [0, 0.1) is 6.92 Å². The van der Waals surface area contributed by atoms with Crippen LogP contribution in [0.3, 0.4) is 0 Å². The normalized spacial score (nSPS) is 11.4. The van der Waals surface area contributed by atoms with E-state index in [1.807, 2.05) is 19.9 Å². The first-order valence-electron chi connectivity index (χ1n) is 6.73. The van der Waals surface area contributed by atoms with Crippen LogP contribution in [-0.2, 0) is 10.0 Å². The summed E-state index contributed by atoms with van der Waals surface area (Å²) in [6.07, 6.45) is 2.21. The van der Waals surface area contributed by atoms with E-state index in [4.69, 9.17) is 0 Å². The van der Waals surface area contributed by atoms with E-state index in [9.17, 15) is 8.42 Å². The molecule has 22 heavy (non-hydrogen) atoms. The molecule has 0 bridgehead atoms. The summed E-state index contributed by atoms with van der Waals surface area (Å²) in [6.45, 7) is 5.13. The highest BCUT2D eigenvalue weighted by Gasteiger charge is 2.15. The van der Waals surface area contributed by atoms with Crippen molar-refractivity contribution in [1.82, 2.24) is 19.8 Å². The molecule has 0 aliphatic heterocycles. The number of nitrogens with one attached hydrogen (secondary N) is 3. The van der Waals surface area contributed by atoms with Gasteiger partial charge in [-0.1, -0.05) is 5.16 Å². The van der Waals surface area contributed by atoms with E-state index >= 15 is 0 Å². The molecular weight excluding hydrogens is 308 g/mol. The molecule has 2 aromatic rings. The molecule has 0 aliphatic rings. The molecule has 0 saturated heterocycles.